The van der Waals surface area contributed by atoms with Crippen LogP contribution < -0.4 is 4.90 Å². The van der Waals surface area contributed by atoms with Crippen LogP contribution in [0.1, 0.15) is 0 Å². The fourth-order valence-electron chi connectivity index (χ4n) is 8.54. The van der Waals surface area contributed by atoms with E-state index in [1.54, 1.807) is 0 Å². The Kier molecular flexibility index (Phi) is 7.82. The molecule has 11 aromatic rings. The molecule has 3 nitrogen and oxygen atoms in total. The van der Waals surface area contributed by atoms with Gasteiger partial charge in [-0.1, -0.05) is 146 Å². The van der Waals surface area contributed by atoms with Crippen molar-refractivity contribution < 1.29 is 4.42 Å². The molecule has 0 amide bonds. The molecule has 0 unspecified atom stereocenters. The van der Waals surface area contributed by atoms with Crippen molar-refractivity contribution in [1.29, 1.82) is 0 Å². The molecule has 268 valence electrons. The summed E-state index contributed by atoms with van der Waals surface area (Å²) in [7, 11) is 0. The maximum Gasteiger partial charge on any atom is 0.136 e. The minimum Gasteiger partial charge on any atom is -0.456 e. The number of hydrogen-bond donors (Lipinski definition) is 0. The summed E-state index contributed by atoms with van der Waals surface area (Å²) in [6, 6.07) is 78.2. The molecule has 11 rings (SSSR count). The smallest absolute Gasteiger partial charge is 0.136 e. The summed E-state index contributed by atoms with van der Waals surface area (Å²) in [6.45, 7) is 0. The lowest BCUT2D eigenvalue weighted by Gasteiger charge is -2.27. The third-order valence-corrected chi connectivity index (χ3v) is 11.2. The number of anilines is 3. The average Bonchev–Trinajstić information content (AvgIpc) is 3.83. The summed E-state index contributed by atoms with van der Waals surface area (Å²) >= 11 is 0. The Hall–Kier alpha value is -7.62. The monoisotopic (exact) mass is 728 g/mol. The minimum absolute atomic E-state index is 0.890. The van der Waals surface area contributed by atoms with Crippen LogP contribution in [-0.2, 0) is 0 Å². The molecule has 2 aromatic heterocycles. The summed E-state index contributed by atoms with van der Waals surface area (Å²) < 4.78 is 8.70. The molecular formula is C54H36N2O. The van der Waals surface area contributed by atoms with E-state index in [-0.39, 0.29) is 0 Å². The van der Waals surface area contributed by atoms with Gasteiger partial charge in [-0.25, -0.2) is 0 Å². The summed E-state index contributed by atoms with van der Waals surface area (Å²) in [5.41, 5.74) is 15.5. The van der Waals surface area contributed by atoms with Crippen LogP contribution in [0, 0.1) is 0 Å². The van der Waals surface area contributed by atoms with Crippen LogP contribution in [0.4, 0.5) is 17.1 Å². The number of aromatic nitrogens is 1. The number of para-hydroxylation sites is 3. The predicted octanol–water partition coefficient (Wildman–Crippen LogP) is 15.2. The normalized spacial score (nSPS) is 11.5. The third-order valence-electron chi connectivity index (χ3n) is 11.2. The first-order valence-electron chi connectivity index (χ1n) is 19.4. The van der Waals surface area contributed by atoms with Gasteiger partial charge in [-0.15, -0.1) is 0 Å². The molecule has 2 heterocycles. The molecule has 0 radical (unpaired) electrons. The Morgan fingerprint density at radius 1 is 0.316 bits per heavy atom. The van der Waals surface area contributed by atoms with Gasteiger partial charge < -0.3 is 13.9 Å². The molecule has 0 N–H and O–H groups in total. The average molecular weight is 729 g/mol. The van der Waals surface area contributed by atoms with E-state index in [2.05, 4.69) is 216 Å². The quantitative estimate of drug-likeness (QED) is 0.163. The van der Waals surface area contributed by atoms with E-state index in [9.17, 15) is 0 Å². The molecular weight excluding hydrogens is 693 g/mol. The molecule has 0 bridgehead atoms. The Labute approximate surface area is 330 Å². The second-order valence-corrected chi connectivity index (χ2v) is 14.5. The van der Waals surface area contributed by atoms with E-state index in [1.165, 1.54) is 44.1 Å². The predicted molar refractivity (Wildman–Crippen MR) is 239 cm³/mol. The Morgan fingerprint density at radius 2 is 0.842 bits per heavy atom. The maximum absolute atomic E-state index is 6.31. The molecule has 0 fully saturated rings. The first kappa shape index (κ1) is 32.8. The van der Waals surface area contributed by atoms with Crippen molar-refractivity contribution >= 4 is 60.8 Å². The van der Waals surface area contributed by atoms with Gasteiger partial charge in [0.05, 0.1) is 11.0 Å². The number of fused-ring (bicyclic) bond motifs is 6. The zero-order valence-corrected chi connectivity index (χ0v) is 31.1. The lowest BCUT2D eigenvalue weighted by atomic mass is 9.94. The van der Waals surface area contributed by atoms with Crippen LogP contribution in [0.25, 0.3) is 82.8 Å². The molecule has 9 aromatic carbocycles. The molecule has 0 spiro atoms. The molecule has 0 aliphatic rings. The van der Waals surface area contributed by atoms with Gasteiger partial charge in [0.15, 0.2) is 0 Å². The van der Waals surface area contributed by atoms with Gasteiger partial charge in [0.1, 0.15) is 11.2 Å². The SMILES string of the molecule is c1ccc(-c2ccccc2-c2ccc(N(c3cccc(-c4ccc5c(c4)oc4ccccc45)c3)c3cccc(-n4c5ccccc5c5ccccc54)c3)cc2)cc1. The van der Waals surface area contributed by atoms with Crippen LogP contribution in [0.5, 0.6) is 0 Å². The third kappa shape index (κ3) is 5.68. The summed E-state index contributed by atoms with van der Waals surface area (Å²) in [5.74, 6) is 0. The Bertz CT molecular complexity index is 3190. The van der Waals surface area contributed by atoms with Crippen molar-refractivity contribution in [2.45, 2.75) is 0 Å². The highest BCUT2D eigenvalue weighted by atomic mass is 16.3. The maximum atomic E-state index is 6.31. The van der Waals surface area contributed by atoms with Crippen molar-refractivity contribution in [3.8, 4) is 39.1 Å². The van der Waals surface area contributed by atoms with E-state index < -0.39 is 0 Å². The van der Waals surface area contributed by atoms with Gasteiger partial charge in [-0.2, -0.15) is 0 Å². The van der Waals surface area contributed by atoms with Gasteiger partial charge in [-0.3, -0.25) is 0 Å². The lowest BCUT2D eigenvalue weighted by Crippen LogP contribution is -2.10. The number of hydrogen-bond acceptors (Lipinski definition) is 2. The zero-order chi connectivity index (χ0) is 37.7. The molecule has 0 saturated heterocycles. The second kappa shape index (κ2) is 13.6. The topological polar surface area (TPSA) is 21.3 Å². The molecule has 3 heteroatoms. The molecule has 0 atom stereocenters. The largest absolute Gasteiger partial charge is 0.456 e. The zero-order valence-electron chi connectivity index (χ0n) is 31.1. The van der Waals surface area contributed by atoms with Crippen LogP contribution in [0.15, 0.2) is 223 Å². The summed E-state index contributed by atoms with van der Waals surface area (Å²) in [6.07, 6.45) is 0. The standard InChI is InChI=1S/C54H36N2O/c1-2-14-37(15-3-1)45-20-4-5-21-46(45)38-28-31-41(32-29-38)55(42-17-12-16-39(34-42)40-30-33-50-49-24-8-11-27-53(49)57-54(50)35-40)43-18-13-19-44(36-43)56-51-25-9-6-22-47(51)48-23-7-10-26-52(48)56/h1-36H. The number of nitrogens with zero attached hydrogens (tertiary/aromatic N) is 2. The van der Waals surface area contributed by atoms with Crippen LogP contribution in [0.2, 0.25) is 0 Å². The fraction of sp³-hybridized carbons (Fsp3) is 0. The van der Waals surface area contributed by atoms with E-state index in [0.29, 0.717) is 0 Å². The molecule has 0 aliphatic heterocycles. The second-order valence-electron chi connectivity index (χ2n) is 14.5. The van der Waals surface area contributed by atoms with Gasteiger partial charge in [0.2, 0.25) is 0 Å². The van der Waals surface area contributed by atoms with Gasteiger partial charge in [0.25, 0.3) is 0 Å². The van der Waals surface area contributed by atoms with Gasteiger partial charge in [-0.05, 0) is 106 Å². The van der Waals surface area contributed by atoms with Crippen molar-refractivity contribution in [3.05, 3.63) is 218 Å². The van der Waals surface area contributed by atoms with Crippen molar-refractivity contribution in [1.82, 2.24) is 4.57 Å². The molecule has 0 saturated carbocycles. The Balaban J connectivity index is 1.06. The summed E-state index contributed by atoms with van der Waals surface area (Å²) in [4.78, 5) is 2.37. The van der Waals surface area contributed by atoms with E-state index in [4.69, 9.17) is 4.42 Å². The van der Waals surface area contributed by atoms with Crippen molar-refractivity contribution in [2.24, 2.45) is 0 Å². The van der Waals surface area contributed by atoms with Crippen LogP contribution >= 0.6 is 0 Å². The highest BCUT2D eigenvalue weighted by Gasteiger charge is 2.18. The Morgan fingerprint density at radius 3 is 1.58 bits per heavy atom. The fourth-order valence-corrected chi connectivity index (χ4v) is 8.54. The number of rotatable bonds is 7. The minimum atomic E-state index is 0.890. The van der Waals surface area contributed by atoms with E-state index >= 15 is 0 Å². The summed E-state index contributed by atoms with van der Waals surface area (Å²) in [5, 5.41) is 4.76. The van der Waals surface area contributed by atoms with Gasteiger partial charge in [0, 0.05) is 44.3 Å². The molecule has 57 heavy (non-hydrogen) atoms. The van der Waals surface area contributed by atoms with Crippen molar-refractivity contribution in [2.75, 3.05) is 4.90 Å². The number of furan rings is 1. The number of benzene rings is 9. The van der Waals surface area contributed by atoms with E-state index in [0.717, 1.165) is 55.8 Å². The highest BCUT2D eigenvalue weighted by Crippen LogP contribution is 2.41. The first-order valence-corrected chi connectivity index (χ1v) is 19.4. The highest BCUT2D eigenvalue weighted by molar-refractivity contribution is 6.09. The lowest BCUT2D eigenvalue weighted by molar-refractivity contribution is 0.669. The first-order chi connectivity index (χ1) is 28.3. The van der Waals surface area contributed by atoms with Crippen LogP contribution in [-0.4, -0.2) is 4.57 Å². The molecule has 0 aliphatic carbocycles. The van der Waals surface area contributed by atoms with Crippen molar-refractivity contribution in [3.63, 3.8) is 0 Å². The van der Waals surface area contributed by atoms with Gasteiger partial charge >= 0.3 is 0 Å². The van der Waals surface area contributed by atoms with Crippen LogP contribution in [0.3, 0.4) is 0 Å². The van der Waals surface area contributed by atoms with E-state index in [1.807, 2.05) is 12.1 Å².